The fourth-order valence-corrected chi connectivity index (χ4v) is 2.07. The maximum Gasteiger partial charge on any atom is 0.221 e. The summed E-state index contributed by atoms with van der Waals surface area (Å²) >= 11 is 0. The van der Waals surface area contributed by atoms with Gasteiger partial charge in [-0.3, -0.25) is 0 Å². The molecule has 0 aliphatic rings. The predicted molar refractivity (Wildman–Crippen MR) is 110 cm³/mol. The zero-order valence-corrected chi connectivity index (χ0v) is 15.7. The highest BCUT2D eigenvalue weighted by molar-refractivity contribution is 6.04. The lowest BCUT2D eigenvalue weighted by molar-refractivity contribution is -0.198. The molecule has 0 atom stereocenters. The fourth-order valence-electron chi connectivity index (χ4n) is 2.07. The van der Waals surface area contributed by atoms with E-state index in [-0.39, 0.29) is 5.95 Å². The van der Waals surface area contributed by atoms with Crippen LogP contribution in [0, 0.1) is 5.41 Å². The van der Waals surface area contributed by atoms with Gasteiger partial charge in [-0.2, -0.15) is 4.98 Å². The van der Waals surface area contributed by atoms with Crippen molar-refractivity contribution in [3.05, 3.63) is 60.0 Å². The fraction of sp³-hybridized carbons (Fsp3) is 0.211. The van der Waals surface area contributed by atoms with Gasteiger partial charge in [0.2, 0.25) is 5.95 Å². The zero-order chi connectivity index (χ0) is 20.2. The van der Waals surface area contributed by atoms with Gasteiger partial charge < -0.3 is 27.1 Å². The van der Waals surface area contributed by atoms with E-state index in [2.05, 4.69) is 20.2 Å². The first-order valence-corrected chi connectivity index (χ1v) is 8.50. The second-order valence-electron chi connectivity index (χ2n) is 5.09. The minimum absolute atomic E-state index is 0.171. The Morgan fingerprint density at radius 2 is 2.04 bits per heavy atom. The van der Waals surface area contributed by atoms with Crippen molar-refractivity contribution < 1.29 is 10.1 Å². The van der Waals surface area contributed by atoms with E-state index < -0.39 is 0 Å². The van der Waals surface area contributed by atoms with Gasteiger partial charge in [0.25, 0.3) is 0 Å². The van der Waals surface area contributed by atoms with Crippen molar-refractivity contribution in [3.8, 4) is 0 Å². The standard InChI is InChI=1S/C17H20N6O2.C2H6/c1-2-12(25-24)4-3-5-14(18)13-10-11(6-7-15(13)19)22-16-8-9-21-17(20)23-16;1-2/h2-4,6-10,18,24H,5,19H2,1H3,(H3,20,21,22,23);1-2H3/b4-3-,12-2+,18-14?;. The van der Waals surface area contributed by atoms with Gasteiger partial charge in [0.15, 0.2) is 5.76 Å². The normalized spacial score (nSPS) is 10.9. The number of aromatic nitrogens is 2. The van der Waals surface area contributed by atoms with E-state index >= 15 is 0 Å². The van der Waals surface area contributed by atoms with Crippen molar-refractivity contribution in [2.45, 2.75) is 27.2 Å². The molecule has 0 amide bonds. The first-order chi connectivity index (χ1) is 13.0. The van der Waals surface area contributed by atoms with E-state index in [1.54, 1.807) is 55.6 Å². The Bertz CT molecular complexity index is 818. The molecule has 7 N–H and O–H groups in total. The van der Waals surface area contributed by atoms with Gasteiger partial charge in [0.05, 0.1) is 0 Å². The Kier molecular flexibility index (Phi) is 9.04. The highest BCUT2D eigenvalue weighted by Crippen LogP contribution is 2.22. The van der Waals surface area contributed by atoms with Crippen LogP contribution in [0.15, 0.2) is 54.4 Å². The van der Waals surface area contributed by atoms with Crippen molar-refractivity contribution in [1.29, 1.82) is 5.41 Å². The van der Waals surface area contributed by atoms with Crippen LogP contribution in [-0.4, -0.2) is 20.9 Å². The van der Waals surface area contributed by atoms with Gasteiger partial charge in [-0.15, -0.1) is 0 Å². The van der Waals surface area contributed by atoms with Crippen LogP contribution in [0.5, 0.6) is 0 Å². The van der Waals surface area contributed by atoms with Gasteiger partial charge in [0, 0.05) is 35.3 Å². The summed E-state index contributed by atoms with van der Waals surface area (Å²) in [6, 6.07) is 6.96. The molecule has 2 aromatic rings. The van der Waals surface area contributed by atoms with Gasteiger partial charge in [0.1, 0.15) is 5.82 Å². The molecule has 0 spiro atoms. The van der Waals surface area contributed by atoms with Gasteiger partial charge in [-0.25, -0.2) is 10.2 Å². The van der Waals surface area contributed by atoms with Crippen molar-refractivity contribution in [2.75, 3.05) is 16.8 Å². The summed E-state index contributed by atoms with van der Waals surface area (Å²) in [7, 11) is 0. The average molecular weight is 370 g/mol. The smallest absolute Gasteiger partial charge is 0.221 e. The molecule has 144 valence electrons. The van der Waals surface area contributed by atoms with E-state index in [0.717, 1.165) is 5.69 Å². The zero-order valence-electron chi connectivity index (χ0n) is 15.7. The first-order valence-electron chi connectivity index (χ1n) is 8.50. The molecule has 0 radical (unpaired) electrons. The monoisotopic (exact) mass is 370 g/mol. The highest BCUT2D eigenvalue weighted by atomic mass is 17.1. The predicted octanol–water partition coefficient (Wildman–Crippen LogP) is 4.12. The lowest BCUT2D eigenvalue weighted by atomic mass is 10.0. The van der Waals surface area contributed by atoms with Gasteiger partial charge in [-0.1, -0.05) is 19.9 Å². The Balaban J connectivity index is 0.00000176. The lowest BCUT2D eigenvalue weighted by Gasteiger charge is -2.11. The van der Waals surface area contributed by atoms with Gasteiger partial charge >= 0.3 is 0 Å². The Labute approximate surface area is 159 Å². The van der Waals surface area contributed by atoms with Crippen LogP contribution in [0.25, 0.3) is 0 Å². The number of hydrogen-bond acceptors (Lipinski definition) is 8. The third-order valence-electron chi connectivity index (χ3n) is 3.32. The summed E-state index contributed by atoms with van der Waals surface area (Å²) in [5.74, 6) is 1.02. The minimum atomic E-state index is 0.171. The number of nitrogen functional groups attached to an aromatic ring is 2. The summed E-state index contributed by atoms with van der Waals surface area (Å²) in [4.78, 5) is 12.1. The van der Waals surface area contributed by atoms with Crippen LogP contribution >= 0.6 is 0 Å². The summed E-state index contributed by atoms with van der Waals surface area (Å²) in [6.45, 7) is 5.73. The van der Waals surface area contributed by atoms with Crippen LogP contribution in [0.4, 0.5) is 23.1 Å². The molecule has 8 heteroatoms. The van der Waals surface area contributed by atoms with Crippen LogP contribution < -0.4 is 16.8 Å². The maximum absolute atomic E-state index is 8.63. The first kappa shape index (κ1) is 21.7. The third-order valence-corrected chi connectivity index (χ3v) is 3.32. The van der Waals surface area contributed by atoms with Crippen LogP contribution in [0.1, 0.15) is 32.8 Å². The molecule has 0 unspecified atom stereocenters. The molecule has 0 saturated carbocycles. The third kappa shape index (κ3) is 6.79. The minimum Gasteiger partial charge on any atom is -0.398 e. The highest BCUT2D eigenvalue weighted by Gasteiger charge is 2.07. The number of nitrogens with one attached hydrogen (secondary N) is 2. The number of anilines is 4. The molecule has 1 aromatic heterocycles. The molecule has 27 heavy (non-hydrogen) atoms. The molecular weight excluding hydrogens is 344 g/mol. The summed E-state index contributed by atoms with van der Waals surface area (Å²) in [5.41, 5.74) is 13.7. The number of allylic oxidation sites excluding steroid dienone is 3. The largest absolute Gasteiger partial charge is 0.398 e. The van der Waals surface area contributed by atoms with E-state index in [1.165, 1.54) is 0 Å². The van der Waals surface area contributed by atoms with E-state index in [0.29, 0.717) is 35.0 Å². The maximum atomic E-state index is 8.63. The van der Waals surface area contributed by atoms with Crippen molar-refractivity contribution in [3.63, 3.8) is 0 Å². The number of rotatable bonds is 7. The molecule has 0 aliphatic heterocycles. The number of nitrogens with two attached hydrogens (primary N) is 2. The van der Waals surface area contributed by atoms with E-state index in [1.807, 2.05) is 13.8 Å². The second-order valence-corrected chi connectivity index (χ2v) is 5.09. The summed E-state index contributed by atoms with van der Waals surface area (Å²) < 4.78 is 0. The molecule has 0 saturated heterocycles. The van der Waals surface area contributed by atoms with Crippen LogP contribution in [0.3, 0.4) is 0 Å². The number of hydrogen-bond donors (Lipinski definition) is 5. The molecule has 1 aromatic carbocycles. The van der Waals surface area contributed by atoms with E-state index in [9.17, 15) is 0 Å². The summed E-state index contributed by atoms with van der Waals surface area (Å²) in [5, 5.41) is 19.9. The molecule has 0 aliphatic carbocycles. The molecule has 0 fully saturated rings. The molecular formula is C19H26N6O2. The van der Waals surface area contributed by atoms with E-state index in [4.69, 9.17) is 22.1 Å². The molecule has 8 nitrogen and oxygen atoms in total. The average Bonchev–Trinajstić information content (AvgIpc) is 2.68. The molecule has 1 heterocycles. The second kappa shape index (κ2) is 11.3. The van der Waals surface area contributed by atoms with Gasteiger partial charge in [-0.05, 0) is 43.3 Å². The summed E-state index contributed by atoms with van der Waals surface area (Å²) in [6.07, 6.45) is 6.77. The Morgan fingerprint density at radius 1 is 1.30 bits per heavy atom. The number of benzene rings is 1. The van der Waals surface area contributed by atoms with Crippen LogP contribution in [-0.2, 0) is 4.89 Å². The van der Waals surface area contributed by atoms with Crippen molar-refractivity contribution >= 4 is 28.9 Å². The SMILES string of the molecule is C/C=C(\C=C/CC(=N)c1cc(Nc2ccnc(N)n2)ccc1N)OO.CC. The molecule has 0 bridgehead atoms. The Morgan fingerprint density at radius 3 is 2.67 bits per heavy atom. The van der Waals surface area contributed by atoms with Crippen LogP contribution in [0.2, 0.25) is 0 Å². The quantitative estimate of drug-likeness (QED) is 0.123. The Hall–Kier alpha value is -3.39. The topological polar surface area (TPSA) is 143 Å². The van der Waals surface area contributed by atoms with Crippen molar-refractivity contribution in [2.24, 2.45) is 0 Å². The van der Waals surface area contributed by atoms with Crippen molar-refractivity contribution in [1.82, 2.24) is 9.97 Å². The molecule has 2 rings (SSSR count). The lowest BCUT2D eigenvalue weighted by Crippen LogP contribution is -2.05. The number of nitrogens with zero attached hydrogens (tertiary/aromatic N) is 2.